The number of carbonyl (C=O) groups excluding carboxylic acids is 1. The standard InChI is InChI=1S/C15H16N2OS/c1-2-13-7-8-14(19-13)11-17-15(18)9-6-12-5-3-4-10-16-12/h3-10H,2,11H2,1H3,(H,17,18). The highest BCUT2D eigenvalue weighted by atomic mass is 32.1. The van der Waals surface area contributed by atoms with Crippen LogP contribution in [0.1, 0.15) is 22.4 Å². The van der Waals surface area contributed by atoms with Gasteiger partial charge in [0.15, 0.2) is 0 Å². The number of thiophene rings is 1. The van der Waals surface area contributed by atoms with Gasteiger partial charge in [0.1, 0.15) is 0 Å². The topological polar surface area (TPSA) is 42.0 Å². The van der Waals surface area contributed by atoms with Crippen molar-refractivity contribution in [2.45, 2.75) is 19.9 Å². The van der Waals surface area contributed by atoms with Crippen LogP contribution < -0.4 is 5.32 Å². The minimum atomic E-state index is -0.0999. The third-order valence-electron chi connectivity index (χ3n) is 2.60. The summed E-state index contributed by atoms with van der Waals surface area (Å²) >= 11 is 1.74. The van der Waals surface area contributed by atoms with Crippen molar-refractivity contribution in [2.24, 2.45) is 0 Å². The lowest BCUT2D eigenvalue weighted by Crippen LogP contribution is -2.19. The predicted molar refractivity (Wildman–Crippen MR) is 78.8 cm³/mol. The van der Waals surface area contributed by atoms with E-state index in [9.17, 15) is 4.79 Å². The lowest BCUT2D eigenvalue weighted by molar-refractivity contribution is -0.116. The normalized spacial score (nSPS) is 10.8. The maximum Gasteiger partial charge on any atom is 0.244 e. The number of nitrogens with one attached hydrogen (secondary N) is 1. The van der Waals surface area contributed by atoms with Crippen molar-refractivity contribution in [3.8, 4) is 0 Å². The molecule has 0 aliphatic carbocycles. The van der Waals surface area contributed by atoms with Crippen LogP contribution in [0.5, 0.6) is 0 Å². The van der Waals surface area contributed by atoms with E-state index in [1.165, 1.54) is 15.8 Å². The molecule has 19 heavy (non-hydrogen) atoms. The summed E-state index contributed by atoms with van der Waals surface area (Å²) in [7, 11) is 0. The zero-order chi connectivity index (χ0) is 13.5. The lowest BCUT2D eigenvalue weighted by atomic mass is 10.3. The van der Waals surface area contributed by atoms with Crippen molar-refractivity contribution in [1.82, 2.24) is 10.3 Å². The van der Waals surface area contributed by atoms with E-state index in [0.717, 1.165) is 12.1 Å². The second-order valence-electron chi connectivity index (χ2n) is 4.03. The number of pyridine rings is 1. The number of carbonyl (C=O) groups is 1. The summed E-state index contributed by atoms with van der Waals surface area (Å²) in [5, 5.41) is 2.86. The van der Waals surface area contributed by atoms with Crippen LogP contribution in [0.15, 0.2) is 42.6 Å². The first-order chi connectivity index (χ1) is 9.28. The number of hydrogen-bond acceptors (Lipinski definition) is 3. The Morgan fingerprint density at radius 2 is 2.16 bits per heavy atom. The molecule has 0 unspecified atom stereocenters. The van der Waals surface area contributed by atoms with Crippen LogP contribution in [0, 0.1) is 0 Å². The molecule has 0 aliphatic heterocycles. The Labute approximate surface area is 117 Å². The molecule has 0 aromatic carbocycles. The molecule has 98 valence electrons. The Balaban J connectivity index is 1.83. The molecule has 0 spiro atoms. The van der Waals surface area contributed by atoms with Crippen LogP contribution in [-0.4, -0.2) is 10.9 Å². The number of aryl methyl sites for hydroxylation is 1. The third-order valence-corrected chi connectivity index (χ3v) is 3.83. The van der Waals surface area contributed by atoms with Gasteiger partial charge in [0.05, 0.1) is 12.2 Å². The molecule has 2 rings (SSSR count). The van der Waals surface area contributed by atoms with Gasteiger partial charge in [-0.25, -0.2) is 0 Å². The average Bonchev–Trinajstić information content (AvgIpc) is 2.92. The summed E-state index contributed by atoms with van der Waals surface area (Å²) in [6, 6.07) is 9.76. The molecule has 0 atom stereocenters. The maximum atomic E-state index is 11.6. The highest BCUT2D eigenvalue weighted by Crippen LogP contribution is 2.16. The van der Waals surface area contributed by atoms with Gasteiger partial charge in [0, 0.05) is 22.0 Å². The summed E-state index contributed by atoms with van der Waals surface area (Å²) in [6.07, 6.45) is 5.96. The molecule has 2 heterocycles. The monoisotopic (exact) mass is 272 g/mol. The molecule has 2 aromatic rings. The van der Waals surface area contributed by atoms with Crippen LogP contribution in [-0.2, 0) is 17.8 Å². The van der Waals surface area contributed by atoms with Crippen LogP contribution in [0.25, 0.3) is 6.08 Å². The van der Waals surface area contributed by atoms with E-state index in [4.69, 9.17) is 0 Å². The summed E-state index contributed by atoms with van der Waals surface area (Å²) in [4.78, 5) is 18.3. The number of rotatable bonds is 5. The van der Waals surface area contributed by atoms with Gasteiger partial charge in [0.25, 0.3) is 0 Å². The Bertz CT molecular complexity index is 561. The number of amides is 1. The Morgan fingerprint density at radius 1 is 1.32 bits per heavy atom. The second kappa shape index (κ2) is 6.85. The first-order valence-electron chi connectivity index (χ1n) is 6.22. The lowest BCUT2D eigenvalue weighted by Gasteiger charge is -1.98. The molecule has 0 saturated heterocycles. The van der Waals surface area contributed by atoms with Crippen molar-refractivity contribution < 1.29 is 4.79 Å². The molecule has 1 N–H and O–H groups in total. The van der Waals surface area contributed by atoms with Gasteiger partial charge in [-0.1, -0.05) is 13.0 Å². The highest BCUT2D eigenvalue weighted by molar-refractivity contribution is 7.11. The minimum absolute atomic E-state index is 0.0999. The largest absolute Gasteiger partial charge is 0.348 e. The van der Waals surface area contributed by atoms with Gasteiger partial charge in [0.2, 0.25) is 5.91 Å². The van der Waals surface area contributed by atoms with Crippen LogP contribution in [0.4, 0.5) is 0 Å². The van der Waals surface area contributed by atoms with Crippen molar-refractivity contribution in [2.75, 3.05) is 0 Å². The summed E-state index contributed by atoms with van der Waals surface area (Å²) < 4.78 is 0. The number of aromatic nitrogens is 1. The first-order valence-corrected chi connectivity index (χ1v) is 7.04. The SMILES string of the molecule is CCc1ccc(CNC(=O)C=Cc2ccccn2)s1. The summed E-state index contributed by atoms with van der Waals surface area (Å²) in [6.45, 7) is 2.71. The van der Waals surface area contributed by atoms with E-state index < -0.39 is 0 Å². The average molecular weight is 272 g/mol. The van der Waals surface area contributed by atoms with E-state index in [0.29, 0.717) is 6.54 Å². The van der Waals surface area contributed by atoms with Gasteiger partial charge < -0.3 is 5.32 Å². The molecular weight excluding hydrogens is 256 g/mol. The van der Waals surface area contributed by atoms with E-state index in [-0.39, 0.29) is 5.91 Å². The van der Waals surface area contributed by atoms with E-state index in [1.807, 2.05) is 18.2 Å². The van der Waals surface area contributed by atoms with E-state index in [2.05, 4.69) is 29.4 Å². The molecule has 0 radical (unpaired) electrons. The van der Waals surface area contributed by atoms with Gasteiger partial charge >= 0.3 is 0 Å². The molecule has 2 aromatic heterocycles. The third kappa shape index (κ3) is 4.34. The Hall–Kier alpha value is -1.94. The fraction of sp³-hybridized carbons (Fsp3) is 0.200. The van der Waals surface area contributed by atoms with Crippen molar-refractivity contribution in [3.05, 3.63) is 58.1 Å². The zero-order valence-electron chi connectivity index (χ0n) is 10.8. The quantitative estimate of drug-likeness (QED) is 0.850. The molecule has 4 heteroatoms. The van der Waals surface area contributed by atoms with E-state index >= 15 is 0 Å². The van der Waals surface area contributed by atoms with Crippen LogP contribution in [0.2, 0.25) is 0 Å². The predicted octanol–water partition coefficient (Wildman–Crippen LogP) is 3.04. The van der Waals surface area contributed by atoms with Crippen LogP contribution in [0.3, 0.4) is 0 Å². The molecule has 0 aliphatic rings. The first kappa shape index (κ1) is 13.5. The highest BCUT2D eigenvalue weighted by Gasteiger charge is 2.00. The van der Waals surface area contributed by atoms with Gasteiger partial charge in [-0.15, -0.1) is 11.3 Å². The Kier molecular flexibility index (Phi) is 4.86. The van der Waals surface area contributed by atoms with Gasteiger partial charge in [-0.3, -0.25) is 9.78 Å². The molecule has 1 amide bonds. The summed E-state index contributed by atoms with van der Waals surface area (Å²) in [5.74, 6) is -0.0999. The fourth-order valence-corrected chi connectivity index (χ4v) is 2.47. The van der Waals surface area contributed by atoms with Crippen LogP contribution >= 0.6 is 11.3 Å². The Morgan fingerprint density at radius 3 is 2.84 bits per heavy atom. The second-order valence-corrected chi connectivity index (χ2v) is 5.28. The van der Waals surface area contributed by atoms with Gasteiger partial charge in [-0.2, -0.15) is 0 Å². The van der Waals surface area contributed by atoms with Crippen molar-refractivity contribution in [3.63, 3.8) is 0 Å². The minimum Gasteiger partial charge on any atom is -0.348 e. The van der Waals surface area contributed by atoms with Crippen molar-refractivity contribution in [1.29, 1.82) is 0 Å². The molecule has 3 nitrogen and oxygen atoms in total. The smallest absolute Gasteiger partial charge is 0.244 e. The summed E-state index contributed by atoms with van der Waals surface area (Å²) in [5.41, 5.74) is 0.780. The molecule has 0 saturated carbocycles. The fourth-order valence-electron chi connectivity index (χ4n) is 1.58. The zero-order valence-corrected chi connectivity index (χ0v) is 11.6. The van der Waals surface area contributed by atoms with E-state index in [1.54, 1.807) is 23.6 Å². The van der Waals surface area contributed by atoms with Gasteiger partial charge in [-0.05, 0) is 36.8 Å². The van der Waals surface area contributed by atoms with Crippen molar-refractivity contribution >= 4 is 23.3 Å². The number of hydrogen-bond donors (Lipinski definition) is 1. The molecule has 0 fully saturated rings. The molecule has 0 bridgehead atoms. The maximum absolute atomic E-state index is 11.6. The molecular formula is C15H16N2OS. The number of nitrogens with zero attached hydrogens (tertiary/aromatic N) is 1.